The number of nitrogens with one attached hydrogen (secondary N) is 2. The van der Waals surface area contributed by atoms with Crippen LogP contribution in [0.5, 0.6) is 5.75 Å². The molecule has 24 heavy (non-hydrogen) atoms. The third kappa shape index (κ3) is 3.55. The van der Waals surface area contributed by atoms with Gasteiger partial charge in [-0.15, -0.1) is 0 Å². The van der Waals surface area contributed by atoms with Gasteiger partial charge >= 0.3 is 0 Å². The Hall–Kier alpha value is -3.28. The first-order chi connectivity index (χ1) is 11.6. The number of carbonyl (C=O) groups excluding carboxylic acids is 2. The van der Waals surface area contributed by atoms with Crippen LogP contribution in [0.4, 0.5) is 5.69 Å². The molecule has 0 spiro atoms. The normalized spacial score (nSPS) is 10.5. The number of benzene rings is 2. The highest BCUT2D eigenvalue weighted by atomic mass is 16.5. The van der Waals surface area contributed by atoms with Gasteiger partial charge in [0, 0.05) is 10.9 Å². The van der Waals surface area contributed by atoms with E-state index in [9.17, 15) is 9.59 Å². The number of anilines is 1. The molecule has 1 heterocycles. The number of ether oxygens (including phenoxy) is 1. The van der Waals surface area contributed by atoms with Gasteiger partial charge < -0.3 is 20.8 Å². The van der Waals surface area contributed by atoms with Crippen molar-refractivity contribution in [2.75, 3.05) is 11.9 Å². The molecule has 0 aliphatic heterocycles. The van der Waals surface area contributed by atoms with Crippen LogP contribution in [-0.4, -0.2) is 23.4 Å². The summed E-state index contributed by atoms with van der Waals surface area (Å²) >= 11 is 0. The molecule has 0 unspecified atom stereocenters. The summed E-state index contributed by atoms with van der Waals surface area (Å²) in [5, 5.41) is 3.78. The predicted molar refractivity (Wildman–Crippen MR) is 92.0 cm³/mol. The van der Waals surface area contributed by atoms with Gasteiger partial charge in [-0.1, -0.05) is 30.3 Å². The number of rotatable bonds is 6. The van der Waals surface area contributed by atoms with Crippen LogP contribution < -0.4 is 15.8 Å². The highest BCUT2D eigenvalue weighted by molar-refractivity contribution is 6.06. The second-order valence-electron chi connectivity index (χ2n) is 5.29. The van der Waals surface area contributed by atoms with Gasteiger partial charge in [0.1, 0.15) is 11.4 Å². The summed E-state index contributed by atoms with van der Waals surface area (Å²) in [4.78, 5) is 26.3. The largest absolute Gasteiger partial charge is 0.491 e. The molecule has 0 saturated carbocycles. The first-order valence-electron chi connectivity index (χ1n) is 7.53. The molecule has 6 heteroatoms. The molecule has 1 aromatic heterocycles. The fraction of sp³-hybridized carbons (Fsp3) is 0.111. The van der Waals surface area contributed by atoms with Crippen LogP contribution in [0.3, 0.4) is 0 Å². The molecule has 0 atom stereocenters. The third-order valence-corrected chi connectivity index (χ3v) is 3.52. The van der Waals surface area contributed by atoms with Crippen molar-refractivity contribution >= 4 is 28.4 Å². The molecule has 4 N–H and O–H groups in total. The van der Waals surface area contributed by atoms with Crippen molar-refractivity contribution in [1.29, 1.82) is 0 Å². The van der Waals surface area contributed by atoms with E-state index in [0.29, 0.717) is 17.1 Å². The molecule has 0 radical (unpaired) electrons. The van der Waals surface area contributed by atoms with Crippen molar-refractivity contribution in [1.82, 2.24) is 4.98 Å². The minimum atomic E-state index is -0.436. The second kappa shape index (κ2) is 6.87. The maximum absolute atomic E-state index is 12.4. The molecule has 6 nitrogen and oxygen atoms in total. The number of primary amides is 1. The van der Waals surface area contributed by atoms with Crippen LogP contribution in [0.1, 0.15) is 16.9 Å². The molecule has 122 valence electrons. The Bertz CT molecular complexity index is 853. The SMILES string of the molecule is NC(=O)CCOc1ccccc1NC(=O)c1cc2ccccc2[nH]1. The van der Waals surface area contributed by atoms with E-state index < -0.39 is 5.91 Å². The van der Waals surface area contributed by atoms with Crippen LogP contribution in [0.15, 0.2) is 54.6 Å². The molecule has 0 fully saturated rings. The van der Waals surface area contributed by atoms with Crippen molar-refractivity contribution in [3.8, 4) is 5.75 Å². The monoisotopic (exact) mass is 323 g/mol. The number of hydrogen-bond acceptors (Lipinski definition) is 3. The molecule has 0 aliphatic rings. The molecule has 2 aromatic carbocycles. The van der Waals surface area contributed by atoms with Crippen molar-refractivity contribution in [3.63, 3.8) is 0 Å². The van der Waals surface area contributed by atoms with E-state index in [0.717, 1.165) is 10.9 Å². The molecule has 3 rings (SSSR count). The fourth-order valence-electron chi connectivity index (χ4n) is 2.34. The van der Waals surface area contributed by atoms with Gasteiger partial charge in [-0.05, 0) is 24.3 Å². The van der Waals surface area contributed by atoms with E-state index in [1.54, 1.807) is 30.3 Å². The minimum absolute atomic E-state index is 0.115. The Labute approximate surface area is 138 Å². The van der Waals surface area contributed by atoms with E-state index in [4.69, 9.17) is 10.5 Å². The lowest BCUT2D eigenvalue weighted by Crippen LogP contribution is -2.16. The first kappa shape index (κ1) is 15.6. The van der Waals surface area contributed by atoms with Gasteiger partial charge in [-0.3, -0.25) is 9.59 Å². The zero-order valence-electron chi connectivity index (χ0n) is 12.9. The summed E-state index contributed by atoms with van der Waals surface area (Å²) in [6.07, 6.45) is 0.115. The summed E-state index contributed by atoms with van der Waals surface area (Å²) < 4.78 is 5.52. The van der Waals surface area contributed by atoms with Crippen LogP contribution in [-0.2, 0) is 4.79 Å². The van der Waals surface area contributed by atoms with Crippen molar-refractivity contribution in [3.05, 3.63) is 60.3 Å². The third-order valence-electron chi connectivity index (χ3n) is 3.52. The first-order valence-corrected chi connectivity index (χ1v) is 7.53. The number of para-hydroxylation sites is 3. The van der Waals surface area contributed by atoms with Gasteiger partial charge in [-0.2, -0.15) is 0 Å². The topological polar surface area (TPSA) is 97.2 Å². The minimum Gasteiger partial charge on any atom is -0.491 e. The lowest BCUT2D eigenvalue weighted by atomic mass is 10.2. The Morgan fingerprint density at radius 2 is 1.83 bits per heavy atom. The summed E-state index contributed by atoms with van der Waals surface area (Å²) in [5.74, 6) is -0.213. The predicted octanol–water partition coefficient (Wildman–Crippen LogP) is 2.67. The van der Waals surface area contributed by atoms with Gasteiger partial charge in [0.2, 0.25) is 5.91 Å². The molecular formula is C18H17N3O3. The van der Waals surface area contributed by atoms with Crippen LogP contribution >= 0.6 is 0 Å². The van der Waals surface area contributed by atoms with Crippen molar-refractivity contribution in [2.24, 2.45) is 5.73 Å². The Morgan fingerprint density at radius 1 is 1.08 bits per heavy atom. The number of amides is 2. The summed E-state index contributed by atoms with van der Waals surface area (Å²) in [6, 6.07) is 16.5. The number of carbonyl (C=O) groups is 2. The number of fused-ring (bicyclic) bond motifs is 1. The average Bonchev–Trinajstić information content (AvgIpc) is 3.00. The highest BCUT2D eigenvalue weighted by Gasteiger charge is 2.12. The molecule has 0 bridgehead atoms. The van der Waals surface area contributed by atoms with Crippen molar-refractivity contribution < 1.29 is 14.3 Å². The quantitative estimate of drug-likeness (QED) is 0.650. The van der Waals surface area contributed by atoms with Gasteiger partial charge in [0.05, 0.1) is 18.7 Å². The molecular weight excluding hydrogens is 306 g/mol. The van der Waals surface area contributed by atoms with E-state index in [2.05, 4.69) is 10.3 Å². The van der Waals surface area contributed by atoms with Gasteiger partial charge in [0.25, 0.3) is 5.91 Å². The zero-order valence-corrected chi connectivity index (χ0v) is 12.9. The Morgan fingerprint density at radius 3 is 2.62 bits per heavy atom. The van der Waals surface area contributed by atoms with Crippen LogP contribution in [0.2, 0.25) is 0 Å². The Balaban J connectivity index is 1.75. The van der Waals surface area contributed by atoms with Crippen LogP contribution in [0.25, 0.3) is 10.9 Å². The molecule has 0 saturated heterocycles. The lowest BCUT2D eigenvalue weighted by molar-refractivity contribution is -0.118. The number of H-pyrrole nitrogens is 1. The second-order valence-corrected chi connectivity index (χ2v) is 5.29. The summed E-state index contributed by atoms with van der Waals surface area (Å²) in [5.41, 5.74) is 6.99. The number of aromatic amines is 1. The van der Waals surface area contributed by atoms with E-state index in [1.807, 2.05) is 24.3 Å². The van der Waals surface area contributed by atoms with E-state index in [-0.39, 0.29) is 18.9 Å². The van der Waals surface area contributed by atoms with Crippen molar-refractivity contribution in [2.45, 2.75) is 6.42 Å². The van der Waals surface area contributed by atoms with E-state index in [1.165, 1.54) is 0 Å². The summed E-state index contributed by atoms with van der Waals surface area (Å²) in [7, 11) is 0. The summed E-state index contributed by atoms with van der Waals surface area (Å²) in [6.45, 7) is 0.161. The number of hydrogen-bond donors (Lipinski definition) is 3. The van der Waals surface area contributed by atoms with Crippen LogP contribution in [0, 0.1) is 0 Å². The molecule has 3 aromatic rings. The Kier molecular flexibility index (Phi) is 4.47. The number of nitrogens with two attached hydrogens (primary N) is 1. The maximum atomic E-state index is 12.4. The number of aromatic nitrogens is 1. The molecule has 0 aliphatic carbocycles. The van der Waals surface area contributed by atoms with Gasteiger partial charge in [-0.25, -0.2) is 0 Å². The molecule has 2 amide bonds. The van der Waals surface area contributed by atoms with E-state index >= 15 is 0 Å². The standard InChI is InChI=1S/C18H17N3O3/c19-17(22)9-10-24-16-8-4-3-7-14(16)21-18(23)15-11-12-5-1-2-6-13(12)20-15/h1-8,11,20H,9-10H2,(H2,19,22)(H,21,23). The smallest absolute Gasteiger partial charge is 0.272 e. The highest BCUT2D eigenvalue weighted by Crippen LogP contribution is 2.25. The fourth-order valence-corrected chi connectivity index (χ4v) is 2.34. The van der Waals surface area contributed by atoms with Gasteiger partial charge in [0.15, 0.2) is 0 Å². The average molecular weight is 323 g/mol. The zero-order chi connectivity index (χ0) is 16.9. The lowest BCUT2D eigenvalue weighted by Gasteiger charge is -2.11. The maximum Gasteiger partial charge on any atom is 0.272 e.